The topological polar surface area (TPSA) is 79.5 Å². The Bertz CT molecular complexity index is 957. The number of carbonyl (C=O) groups is 2. The number of hydrogen-bond acceptors (Lipinski definition) is 4. The molecule has 3 aromatic carbocycles. The third-order valence-electron chi connectivity index (χ3n) is 4.09. The molecule has 3 aromatic rings. The third kappa shape index (κ3) is 5.84. The highest BCUT2D eigenvalue weighted by Gasteiger charge is 2.12. The number of rotatable bonds is 8. The Morgan fingerprint density at radius 1 is 0.793 bits per heavy atom. The number of carbonyl (C=O) groups excluding carboxylic acids is 2. The molecule has 0 saturated carbocycles. The number of benzene rings is 3. The maximum absolute atomic E-state index is 12.7. The second kappa shape index (κ2) is 9.94. The van der Waals surface area contributed by atoms with Crippen LogP contribution in [-0.2, 0) is 4.79 Å². The first-order chi connectivity index (χ1) is 14.2. The van der Waals surface area contributed by atoms with E-state index in [9.17, 15) is 9.59 Å². The lowest BCUT2D eigenvalue weighted by molar-refractivity contribution is -0.114. The van der Waals surface area contributed by atoms with Gasteiger partial charge in [-0.3, -0.25) is 9.59 Å². The molecule has 29 heavy (non-hydrogen) atoms. The van der Waals surface area contributed by atoms with Crippen LogP contribution in [0.25, 0.3) is 0 Å². The molecule has 0 fully saturated rings. The number of anilines is 3. The van der Waals surface area contributed by atoms with Crippen LogP contribution >= 0.6 is 0 Å². The molecule has 6 heteroatoms. The fraction of sp³-hybridized carbons (Fsp3) is 0.130. The minimum atomic E-state index is -0.263. The van der Waals surface area contributed by atoms with Crippen molar-refractivity contribution in [3.05, 3.63) is 84.4 Å². The summed E-state index contributed by atoms with van der Waals surface area (Å²) in [7, 11) is 0. The largest absolute Gasteiger partial charge is 0.494 e. The van der Waals surface area contributed by atoms with E-state index in [1.165, 1.54) is 0 Å². The highest BCUT2D eigenvalue weighted by atomic mass is 16.5. The molecule has 2 amide bonds. The van der Waals surface area contributed by atoms with Crippen molar-refractivity contribution in [1.29, 1.82) is 0 Å². The van der Waals surface area contributed by atoms with Crippen LogP contribution in [0, 0.1) is 0 Å². The van der Waals surface area contributed by atoms with Crippen LogP contribution < -0.4 is 20.7 Å². The van der Waals surface area contributed by atoms with E-state index in [1.54, 1.807) is 42.5 Å². The Hall–Kier alpha value is -3.80. The summed E-state index contributed by atoms with van der Waals surface area (Å²) in [5.41, 5.74) is 2.42. The van der Waals surface area contributed by atoms with Gasteiger partial charge in [0.1, 0.15) is 5.75 Å². The fourth-order valence-electron chi connectivity index (χ4n) is 2.74. The van der Waals surface area contributed by atoms with Crippen LogP contribution in [0.2, 0.25) is 0 Å². The van der Waals surface area contributed by atoms with Crippen LogP contribution in [0.3, 0.4) is 0 Å². The lowest BCUT2D eigenvalue weighted by Gasteiger charge is -2.13. The summed E-state index contributed by atoms with van der Waals surface area (Å²) in [6.07, 6.45) is 0. The van der Waals surface area contributed by atoms with Gasteiger partial charge in [-0.25, -0.2) is 0 Å². The molecule has 0 saturated heterocycles. The van der Waals surface area contributed by atoms with Gasteiger partial charge in [0.15, 0.2) is 0 Å². The van der Waals surface area contributed by atoms with E-state index in [0.29, 0.717) is 23.5 Å². The Kier molecular flexibility index (Phi) is 6.84. The van der Waals surface area contributed by atoms with Crippen molar-refractivity contribution in [2.24, 2.45) is 0 Å². The molecule has 0 aliphatic rings. The molecular formula is C23H23N3O3. The summed E-state index contributed by atoms with van der Waals surface area (Å²) in [4.78, 5) is 24.9. The summed E-state index contributed by atoms with van der Waals surface area (Å²) >= 11 is 0. The van der Waals surface area contributed by atoms with Crippen molar-refractivity contribution in [2.45, 2.75) is 6.92 Å². The van der Waals surface area contributed by atoms with Crippen LogP contribution in [0.5, 0.6) is 5.75 Å². The van der Waals surface area contributed by atoms with Gasteiger partial charge in [0, 0.05) is 17.1 Å². The van der Waals surface area contributed by atoms with Gasteiger partial charge in [0.25, 0.3) is 5.91 Å². The molecule has 148 valence electrons. The van der Waals surface area contributed by atoms with Gasteiger partial charge in [-0.1, -0.05) is 30.3 Å². The fourth-order valence-corrected chi connectivity index (χ4v) is 2.74. The summed E-state index contributed by atoms with van der Waals surface area (Å²) in [5, 5.41) is 8.70. The number of ether oxygens (including phenoxy) is 1. The van der Waals surface area contributed by atoms with Crippen molar-refractivity contribution in [3.8, 4) is 5.75 Å². The van der Waals surface area contributed by atoms with Crippen LogP contribution in [-0.4, -0.2) is 25.0 Å². The SMILES string of the molecule is CCOc1ccc(NC(=O)c2ccccc2NCC(=O)Nc2ccccc2)cc1. The third-order valence-corrected chi connectivity index (χ3v) is 4.09. The standard InChI is InChI=1S/C23H23N3O3/c1-2-29-19-14-12-18(13-15-19)26-23(28)20-10-6-7-11-21(20)24-16-22(27)25-17-8-4-3-5-9-17/h3-15,24H,2,16H2,1H3,(H,25,27)(H,26,28). The van der Waals surface area contributed by atoms with E-state index < -0.39 is 0 Å². The van der Waals surface area contributed by atoms with Gasteiger partial charge in [0.2, 0.25) is 5.91 Å². The van der Waals surface area contributed by atoms with Gasteiger partial charge in [-0.15, -0.1) is 0 Å². The Balaban J connectivity index is 1.61. The Labute approximate surface area is 169 Å². The molecule has 0 unspecified atom stereocenters. The normalized spacial score (nSPS) is 10.1. The summed E-state index contributed by atoms with van der Waals surface area (Å²) in [6.45, 7) is 2.55. The van der Waals surface area contributed by atoms with Gasteiger partial charge in [-0.05, 0) is 55.5 Å². The molecule has 0 heterocycles. The number of amides is 2. The molecule has 0 atom stereocenters. The predicted molar refractivity (Wildman–Crippen MR) is 116 cm³/mol. The first kappa shape index (κ1) is 19.9. The average Bonchev–Trinajstić information content (AvgIpc) is 2.75. The first-order valence-corrected chi connectivity index (χ1v) is 9.37. The lowest BCUT2D eigenvalue weighted by atomic mass is 10.1. The molecule has 0 radical (unpaired) electrons. The zero-order chi connectivity index (χ0) is 20.5. The molecule has 6 nitrogen and oxygen atoms in total. The van der Waals surface area contributed by atoms with E-state index in [-0.39, 0.29) is 18.4 Å². The van der Waals surface area contributed by atoms with E-state index in [1.807, 2.05) is 43.3 Å². The van der Waals surface area contributed by atoms with Crippen molar-refractivity contribution < 1.29 is 14.3 Å². The van der Waals surface area contributed by atoms with Crippen molar-refractivity contribution in [2.75, 3.05) is 29.1 Å². The molecule has 3 rings (SSSR count). The smallest absolute Gasteiger partial charge is 0.257 e. The van der Waals surface area contributed by atoms with Crippen LogP contribution in [0.1, 0.15) is 17.3 Å². The van der Waals surface area contributed by atoms with Crippen LogP contribution in [0.15, 0.2) is 78.9 Å². The molecule has 0 aliphatic carbocycles. The van der Waals surface area contributed by atoms with Gasteiger partial charge in [-0.2, -0.15) is 0 Å². The maximum Gasteiger partial charge on any atom is 0.257 e. The highest BCUT2D eigenvalue weighted by molar-refractivity contribution is 6.08. The number of hydrogen-bond donors (Lipinski definition) is 3. The van der Waals surface area contributed by atoms with E-state index in [4.69, 9.17) is 4.74 Å². The van der Waals surface area contributed by atoms with Gasteiger partial charge in [0.05, 0.1) is 18.7 Å². The summed E-state index contributed by atoms with van der Waals surface area (Å²) in [5.74, 6) is 0.288. The zero-order valence-corrected chi connectivity index (χ0v) is 16.1. The van der Waals surface area contributed by atoms with Crippen molar-refractivity contribution in [1.82, 2.24) is 0 Å². The highest BCUT2D eigenvalue weighted by Crippen LogP contribution is 2.19. The summed E-state index contributed by atoms with van der Waals surface area (Å²) in [6, 6.07) is 23.5. The molecule has 0 bridgehead atoms. The molecule has 3 N–H and O–H groups in total. The van der Waals surface area contributed by atoms with E-state index >= 15 is 0 Å². The molecule has 0 spiro atoms. The molecule has 0 aliphatic heterocycles. The van der Waals surface area contributed by atoms with Gasteiger partial charge >= 0.3 is 0 Å². The number of para-hydroxylation sites is 2. The van der Waals surface area contributed by atoms with E-state index in [2.05, 4.69) is 16.0 Å². The van der Waals surface area contributed by atoms with E-state index in [0.717, 1.165) is 11.4 Å². The average molecular weight is 389 g/mol. The van der Waals surface area contributed by atoms with Gasteiger partial charge < -0.3 is 20.7 Å². The monoisotopic (exact) mass is 389 g/mol. The number of nitrogens with one attached hydrogen (secondary N) is 3. The zero-order valence-electron chi connectivity index (χ0n) is 16.1. The molecular weight excluding hydrogens is 366 g/mol. The quantitative estimate of drug-likeness (QED) is 0.534. The van der Waals surface area contributed by atoms with Crippen LogP contribution in [0.4, 0.5) is 17.1 Å². The second-order valence-corrected chi connectivity index (χ2v) is 6.22. The Morgan fingerprint density at radius 2 is 1.45 bits per heavy atom. The molecule has 0 aromatic heterocycles. The minimum Gasteiger partial charge on any atom is -0.494 e. The van der Waals surface area contributed by atoms with Crippen molar-refractivity contribution in [3.63, 3.8) is 0 Å². The minimum absolute atomic E-state index is 0.0439. The second-order valence-electron chi connectivity index (χ2n) is 6.22. The maximum atomic E-state index is 12.7. The van der Waals surface area contributed by atoms with Crippen molar-refractivity contribution >= 4 is 28.9 Å². The first-order valence-electron chi connectivity index (χ1n) is 9.37. The Morgan fingerprint density at radius 3 is 2.17 bits per heavy atom. The predicted octanol–water partition coefficient (Wildman–Crippen LogP) is 4.39. The lowest BCUT2D eigenvalue weighted by Crippen LogP contribution is -2.23. The summed E-state index contributed by atoms with van der Waals surface area (Å²) < 4.78 is 5.41.